The molecule has 1 fully saturated rings. The van der Waals surface area contributed by atoms with Crippen molar-refractivity contribution in [3.8, 4) is 6.07 Å². The number of hydrogen-bond donors (Lipinski definition) is 2. The first-order chi connectivity index (χ1) is 15.5. The molecule has 174 valence electrons. The molecule has 0 bridgehead atoms. The van der Waals surface area contributed by atoms with E-state index in [1.54, 1.807) is 18.2 Å². The number of nitrogens with zero attached hydrogens (tertiary/aromatic N) is 1. The van der Waals surface area contributed by atoms with Gasteiger partial charge in [0.05, 0.1) is 12.1 Å². The van der Waals surface area contributed by atoms with Gasteiger partial charge in [0.2, 0.25) is 5.91 Å². The zero-order valence-corrected chi connectivity index (χ0v) is 19.7. The third kappa shape index (κ3) is 5.02. The first-order valence-corrected chi connectivity index (χ1v) is 11.5. The third-order valence-electron chi connectivity index (χ3n) is 5.84. The van der Waals surface area contributed by atoms with Crippen molar-refractivity contribution in [1.29, 1.82) is 5.26 Å². The predicted octanol–water partition coefficient (Wildman–Crippen LogP) is 6.13. The number of fused-ring (bicyclic) bond motifs is 3. The van der Waals surface area contributed by atoms with Gasteiger partial charge in [-0.3, -0.25) is 10.1 Å². The van der Waals surface area contributed by atoms with Crippen LogP contribution in [-0.2, 0) is 4.79 Å². The van der Waals surface area contributed by atoms with Gasteiger partial charge in [-0.05, 0) is 55.0 Å². The van der Waals surface area contributed by atoms with Crippen LogP contribution < -0.4 is 10.6 Å². The lowest BCUT2D eigenvalue weighted by atomic mass is 9.98. The van der Waals surface area contributed by atoms with Gasteiger partial charge in [-0.1, -0.05) is 41.9 Å². The lowest BCUT2D eigenvalue weighted by Crippen LogP contribution is -2.52. The Bertz CT molecular complexity index is 1240. The Morgan fingerprint density at radius 1 is 1.18 bits per heavy atom. The number of nitrogens with one attached hydrogen (secondary N) is 2. The number of amides is 1. The van der Waals surface area contributed by atoms with E-state index in [0.29, 0.717) is 29.4 Å². The smallest absolute Gasteiger partial charge is 0.407 e. The molecule has 2 atom stereocenters. The number of benzene rings is 2. The predicted molar refractivity (Wildman–Crippen MR) is 122 cm³/mol. The Kier molecular flexibility index (Phi) is 6.18. The van der Waals surface area contributed by atoms with Crippen molar-refractivity contribution in [3.63, 3.8) is 0 Å². The van der Waals surface area contributed by atoms with Crippen molar-refractivity contribution >= 4 is 43.8 Å². The van der Waals surface area contributed by atoms with E-state index in [0.717, 1.165) is 9.86 Å². The van der Waals surface area contributed by atoms with Crippen molar-refractivity contribution in [2.24, 2.45) is 5.92 Å². The number of nitriles is 1. The molecule has 1 amide bonds. The summed E-state index contributed by atoms with van der Waals surface area (Å²) in [6, 6.07) is 8.66. The average molecular weight is 522 g/mol. The van der Waals surface area contributed by atoms with Gasteiger partial charge in [-0.15, -0.1) is 0 Å². The monoisotopic (exact) mass is 521 g/mol. The highest BCUT2D eigenvalue weighted by molar-refractivity contribution is 9.10. The van der Waals surface area contributed by atoms with E-state index in [4.69, 9.17) is 4.42 Å². The SMILES string of the molecule is CC(C)CC(NC(c1ccc2c(c1)oc1ccc(Br)cc12)C(F)(F)F)C(=O)NC1(C#N)CC1. The second-order valence-corrected chi connectivity index (χ2v) is 9.92. The van der Waals surface area contributed by atoms with Crippen LogP contribution in [0.5, 0.6) is 0 Å². The van der Waals surface area contributed by atoms with Crippen molar-refractivity contribution in [3.05, 3.63) is 46.4 Å². The number of alkyl halides is 3. The molecular formula is C24H23BrF3N3O2. The normalized spacial score (nSPS) is 17.2. The molecular weight excluding hydrogens is 499 g/mol. The molecule has 2 unspecified atom stereocenters. The molecule has 0 radical (unpaired) electrons. The van der Waals surface area contributed by atoms with Gasteiger partial charge in [-0.2, -0.15) is 18.4 Å². The van der Waals surface area contributed by atoms with E-state index in [1.165, 1.54) is 12.1 Å². The summed E-state index contributed by atoms with van der Waals surface area (Å²) in [6.45, 7) is 3.67. The lowest BCUT2D eigenvalue weighted by Gasteiger charge is -2.29. The minimum Gasteiger partial charge on any atom is -0.456 e. The van der Waals surface area contributed by atoms with Crippen LogP contribution in [0.25, 0.3) is 21.9 Å². The third-order valence-corrected chi connectivity index (χ3v) is 6.33. The van der Waals surface area contributed by atoms with Crippen molar-refractivity contribution in [2.45, 2.75) is 56.9 Å². The van der Waals surface area contributed by atoms with Gasteiger partial charge in [-0.25, -0.2) is 0 Å². The van der Waals surface area contributed by atoms with Gasteiger partial charge >= 0.3 is 6.18 Å². The van der Waals surface area contributed by atoms with Crippen LogP contribution in [0, 0.1) is 17.2 Å². The first-order valence-electron chi connectivity index (χ1n) is 10.7. The van der Waals surface area contributed by atoms with E-state index in [2.05, 4.69) is 26.6 Å². The molecule has 0 aliphatic heterocycles. The lowest BCUT2D eigenvalue weighted by molar-refractivity contribution is -0.161. The summed E-state index contributed by atoms with van der Waals surface area (Å²) in [5.74, 6) is -0.623. The highest BCUT2D eigenvalue weighted by Crippen LogP contribution is 2.38. The zero-order valence-electron chi connectivity index (χ0n) is 18.1. The quantitative estimate of drug-likeness (QED) is 0.392. The summed E-state index contributed by atoms with van der Waals surface area (Å²) in [6.07, 6.45) is -3.44. The summed E-state index contributed by atoms with van der Waals surface area (Å²) in [7, 11) is 0. The van der Waals surface area contributed by atoms with Crippen LogP contribution >= 0.6 is 15.9 Å². The van der Waals surface area contributed by atoms with Crippen molar-refractivity contribution in [2.75, 3.05) is 0 Å². The topological polar surface area (TPSA) is 78.1 Å². The Morgan fingerprint density at radius 2 is 1.91 bits per heavy atom. The van der Waals surface area contributed by atoms with Gasteiger partial charge in [0.25, 0.3) is 0 Å². The maximum absolute atomic E-state index is 14.2. The van der Waals surface area contributed by atoms with Gasteiger partial charge in [0.1, 0.15) is 22.7 Å². The summed E-state index contributed by atoms with van der Waals surface area (Å²) in [5, 5.41) is 15.9. The minimum atomic E-state index is -4.65. The summed E-state index contributed by atoms with van der Waals surface area (Å²) in [5.41, 5.74) is -0.0902. The number of hydrogen-bond acceptors (Lipinski definition) is 4. The second kappa shape index (κ2) is 8.65. The van der Waals surface area contributed by atoms with E-state index in [-0.39, 0.29) is 17.9 Å². The number of rotatable bonds is 7. The van der Waals surface area contributed by atoms with Crippen LogP contribution in [0.1, 0.15) is 44.7 Å². The van der Waals surface area contributed by atoms with Crippen LogP contribution in [0.3, 0.4) is 0 Å². The molecule has 1 heterocycles. The van der Waals surface area contributed by atoms with Crippen LogP contribution in [0.4, 0.5) is 13.2 Å². The maximum atomic E-state index is 14.2. The average Bonchev–Trinajstić information content (AvgIpc) is 3.42. The molecule has 2 N–H and O–H groups in total. The van der Waals surface area contributed by atoms with E-state index < -0.39 is 29.7 Å². The van der Waals surface area contributed by atoms with E-state index in [9.17, 15) is 23.2 Å². The Labute approximate surface area is 197 Å². The van der Waals surface area contributed by atoms with Crippen LogP contribution in [0.2, 0.25) is 0 Å². The maximum Gasteiger partial charge on any atom is 0.407 e. The highest BCUT2D eigenvalue weighted by Gasteiger charge is 2.47. The summed E-state index contributed by atoms with van der Waals surface area (Å²) >= 11 is 3.40. The standard InChI is InChI=1S/C24H23BrF3N3O2/c1-13(2)9-18(22(32)31-23(12-29)7-8-23)30-21(24(26,27)28)14-3-5-16-17-11-15(25)4-6-19(17)33-20(16)10-14/h3-6,10-11,13,18,21,30H,7-9H2,1-2H3,(H,31,32). The molecule has 2 aromatic carbocycles. The van der Waals surface area contributed by atoms with Gasteiger partial charge in [0.15, 0.2) is 0 Å². The molecule has 1 saturated carbocycles. The summed E-state index contributed by atoms with van der Waals surface area (Å²) in [4.78, 5) is 12.8. The largest absolute Gasteiger partial charge is 0.456 e. The fraction of sp³-hybridized carbons (Fsp3) is 0.417. The van der Waals surface area contributed by atoms with E-state index in [1.807, 2.05) is 26.0 Å². The second-order valence-electron chi connectivity index (χ2n) is 9.00. The molecule has 0 spiro atoms. The number of furan rings is 1. The summed E-state index contributed by atoms with van der Waals surface area (Å²) < 4.78 is 49.1. The number of carbonyl (C=O) groups is 1. The highest BCUT2D eigenvalue weighted by atomic mass is 79.9. The molecule has 3 aromatic rings. The van der Waals surface area contributed by atoms with Crippen LogP contribution in [-0.4, -0.2) is 23.7 Å². The molecule has 33 heavy (non-hydrogen) atoms. The first kappa shape index (κ1) is 23.6. The minimum absolute atomic E-state index is 0.0318. The zero-order chi connectivity index (χ0) is 24.0. The fourth-order valence-electron chi connectivity index (χ4n) is 3.96. The molecule has 0 saturated heterocycles. The molecule has 1 aliphatic carbocycles. The van der Waals surface area contributed by atoms with Crippen LogP contribution in [0.15, 0.2) is 45.3 Å². The molecule has 1 aromatic heterocycles. The molecule has 4 rings (SSSR count). The van der Waals surface area contributed by atoms with E-state index >= 15 is 0 Å². The molecule has 9 heteroatoms. The van der Waals surface area contributed by atoms with Crippen molar-refractivity contribution < 1.29 is 22.4 Å². The Hall–Kier alpha value is -2.57. The Balaban J connectivity index is 1.68. The number of carbonyl (C=O) groups excluding carboxylic acids is 1. The van der Waals surface area contributed by atoms with Gasteiger partial charge in [0, 0.05) is 15.2 Å². The Morgan fingerprint density at radius 3 is 2.52 bits per heavy atom. The number of halogens is 4. The van der Waals surface area contributed by atoms with Gasteiger partial charge < -0.3 is 9.73 Å². The fourth-order valence-corrected chi connectivity index (χ4v) is 4.32. The van der Waals surface area contributed by atoms with Crippen molar-refractivity contribution in [1.82, 2.24) is 10.6 Å². The molecule has 1 aliphatic rings. The molecule has 5 nitrogen and oxygen atoms in total.